The van der Waals surface area contributed by atoms with Crippen molar-refractivity contribution in [2.24, 2.45) is 0 Å². The summed E-state index contributed by atoms with van der Waals surface area (Å²) >= 11 is 2.20. The summed E-state index contributed by atoms with van der Waals surface area (Å²) in [6.07, 6.45) is 0. The van der Waals surface area contributed by atoms with Crippen LogP contribution in [0.5, 0.6) is 5.75 Å². The SMILES string of the molecule is Cc1cc(NC(=O)[C@@](C)(O)COc2ccc(F)cc2)ccc1I. The zero-order valence-corrected chi connectivity index (χ0v) is 14.9. The normalized spacial score (nSPS) is 13.3. The Labute approximate surface area is 147 Å². The number of aliphatic hydroxyl groups is 1. The number of ether oxygens (including phenoxy) is 1. The lowest BCUT2D eigenvalue weighted by molar-refractivity contribution is -0.135. The number of anilines is 1. The van der Waals surface area contributed by atoms with E-state index in [4.69, 9.17) is 4.74 Å². The van der Waals surface area contributed by atoms with Gasteiger partial charge in [0.25, 0.3) is 5.91 Å². The van der Waals surface area contributed by atoms with Gasteiger partial charge in [-0.05, 0) is 84.5 Å². The molecule has 6 heteroatoms. The van der Waals surface area contributed by atoms with Gasteiger partial charge in [-0.15, -0.1) is 0 Å². The molecule has 0 heterocycles. The summed E-state index contributed by atoms with van der Waals surface area (Å²) in [6.45, 7) is 3.06. The number of aryl methyl sites for hydroxylation is 1. The Morgan fingerprint density at radius 1 is 1.30 bits per heavy atom. The van der Waals surface area contributed by atoms with Gasteiger partial charge in [0, 0.05) is 9.26 Å². The molecule has 2 rings (SSSR count). The van der Waals surface area contributed by atoms with E-state index in [1.807, 2.05) is 19.1 Å². The van der Waals surface area contributed by atoms with E-state index in [-0.39, 0.29) is 12.4 Å². The Hall–Kier alpha value is -1.67. The summed E-state index contributed by atoms with van der Waals surface area (Å²) < 4.78 is 19.3. The number of benzene rings is 2. The minimum atomic E-state index is -1.72. The summed E-state index contributed by atoms with van der Waals surface area (Å²) in [6, 6.07) is 10.9. The Bertz CT molecular complexity index is 701. The summed E-state index contributed by atoms with van der Waals surface area (Å²) in [5, 5.41) is 12.9. The van der Waals surface area contributed by atoms with Crippen LogP contribution in [0.1, 0.15) is 12.5 Å². The molecule has 0 aromatic heterocycles. The van der Waals surface area contributed by atoms with Gasteiger partial charge in [0.2, 0.25) is 0 Å². The number of nitrogens with one attached hydrogen (secondary N) is 1. The van der Waals surface area contributed by atoms with Crippen molar-refractivity contribution < 1.29 is 19.0 Å². The van der Waals surface area contributed by atoms with E-state index in [0.29, 0.717) is 11.4 Å². The molecule has 0 saturated heterocycles. The van der Waals surface area contributed by atoms with Gasteiger partial charge in [0.1, 0.15) is 18.2 Å². The summed E-state index contributed by atoms with van der Waals surface area (Å²) in [5.74, 6) is -0.569. The molecule has 2 aromatic rings. The second kappa shape index (κ2) is 7.27. The average molecular weight is 429 g/mol. The maximum atomic E-state index is 12.8. The van der Waals surface area contributed by atoms with E-state index in [2.05, 4.69) is 27.9 Å². The van der Waals surface area contributed by atoms with E-state index in [0.717, 1.165) is 9.13 Å². The zero-order valence-electron chi connectivity index (χ0n) is 12.8. The number of hydrogen-bond donors (Lipinski definition) is 2. The molecule has 4 nitrogen and oxygen atoms in total. The van der Waals surface area contributed by atoms with Crippen molar-refractivity contribution in [3.63, 3.8) is 0 Å². The van der Waals surface area contributed by atoms with Crippen molar-refractivity contribution in [3.05, 3.63) is 57.4 Å². The molecule has 0 radical (unpaired) electrons. The largest absolute Gasteiger partial charge is 0.490 e. The predicted molar refractivity (Wildman–Crippen MR) is 95.0 cm³/mol. The molecule has 1 amide bonds. The van der Waals surface area contributed by atoms with Crippen LogP contribution >= 0.6 is 22.6 Å². The molecule has 2 aromatic carbocycles. The fourth-order valence-corrected chi connectivity index (χ4v) is 2.14. The molecule has 0 aliphatic carbocycles. The first-order valence-corrected chi connectivity index (χ1v) is 8.04. The van der Waals surface area contributed by atoms with Crippen molar-refractivity contribution in [2.45, 2.75) is 19.4 Å². The van der Waals surface area contributed by atoms with Gasteiger partial charge in [-0.2, -0.15) is 0 Å². The molecule has 0 aliphatic heterocycles. The van der Waals surface area contributed by atoms with Crippen LogP contribution in [-0.4, -0.2) is 23.2 Å². The molecular weight excluding hydrogens is 412 g/mol. The fourth-order valence-electron chi connectivity index (χ4n) is 1.81. The minimum Gasteiger partial charge on any atom is -0.490 e. The number of carbonyl (C=O) groups excluding carboxylic acids is 1. The maximum Gasteiger partial charge on any atom is 0.259 e. The Kier molecular flexibility index (Phi) is 5.59. The van der Waals surface area contributed by atoms with Crippen LogP contribution < -0.4 is 10.1 Å². The maximum absolute atomic E-state index is 12.8. The molecule has 0 unspecified atom stereocenters. The van der Waals surface area contributed by atoms with Crippen molar-refractivity contribution in [1.29, 1.82) is 0 Å². The van der Waals surface area contributed by atoms with Gasteiger partial charge < -0.3 is 15.2 Å². The number of halogens is 2. The number of hydrogen-bond acceptors (Lipinski definition) is 3. The van der Waals surface area contributed by atoms with E-state index in [1.165, 1.54) is 31.2 Å². The molecule has 0 aliphatic rings. The second-order valence-corrected chi connectivity index (χ2v) is 6.60. The first-order chi connectivity index (χ1) is 10.8. The molecule has 0 spiro atoms. The quantitative estimate of drug-likeness (QED) is 0.716. The van der Waals surface area contributed by atoms with Crippen LogP contribution in [0, 0.1) is 16.3 Å². The van der Waals surface area contributed by atoms with Crippen molar-refractivity contribution in [2.75, 3.05) is 11.9 Å². The van der Waals surface area contributed by atoms with Crippen LogP contribution in [0.4, 0.5) is 10.1 Å². The molecule has 0 saturated carbocycles. The van der Waals surface area contributed by atoms with E-state index >= 15 is 0 Å². The number of carbonyl (C=O) groups is 1. The van der Waals surface area contributed by atoms with Crippen molar-refractivity contribution in [1.82, 2.24) is 0 Å². The Morgan fingerprint density at radius 3 is 2.57 bits per heavy atom. The molecule has 0 fully saturated rings. The molecule has 0 bridgehead atoms. The average Bonchev–Trinajstić information content (AvgIpc) is 2.50. The van der Waals surface area contributed by atoms with Gasteiger partial charge in [0.15, 0.2) is 5.60 Å². The summed E-state index contributed by atoms with van der Waals surface area (Å²) in [4.78, 5) is 12.2. The lowest BCUT2D eigenvalue weighted by Gasteiger charge is -2.22. The first-order valence-electron chi connectivity index (χ1n) is 6.96. The van der Waals surface area contributed by atoms with E-state index < -0.39 is 11.5 Å². The lowest BCUT2D eigenvalue weighted by atomic mass is 10.1. The van der Waals surface area contributed by atoms with Crippen LogP contribution in [0.2, 0.25) is 0 Å². The fraction of sp³-hybridized carbons (Fsp3) is 0.235. The van der Waals surface area contributed by atoms with Crippen LogP contribution in [0.25, 0.3) is 0 Å². The van der Waals surface area contributed by atoms with E-state index in [9.17, 15) is 14.3 Å². The second-order valence-electron chi connectivity index (χ2n) is 5.43. The molecular formula is C17H17FINO3. The third-order valence-corrected chi connectivity index (χ3v) is 4.45. The van der Waals surface area contributed by atoms with Crippen molar-refractivity contribution >= 4 is 34.2 Å². The molecule has 23 heavy (non-hydrogen) atoms. The topological polar surface area (TPSA) is 58.6 Å². The molecule has 122 valence electrons. The smallest absolute Gasteiger partial charge is 0.259 e. The van der Waals surface area contributed by atoms with Gasteiger partial charge in [0.05, 0.1) is 0 Å². The third kappa shape index (κ3) is 4.90. The van der Waals surface area contributed by atoms with Gasteiger partial charge in [-0.1, -0.05) is 0 Å². The number of rotatable bonds is 5. The highest BCUT2D eigenvalue weighted by molar-refractivity contribution is 14.1. The van der Waals surface area contributed by atoms with Crippen LogP contribution in [0.3, 0.4) is 0 Å². The predicted octanol–water partition coefficient (Wildman–Crippen LogP) is 3.51. The summed E-state index contributed by atoms with van der Waals surface area (Å²) in [5.41, 5.74) is -0.0776. The number of amides is 1. The Balaban J connectivity index is 1.98. The minimum absolute atomic E-state index is 0.242. The van der Waals surface area contributed by atoms with Gasteiger partial charge in [-0.3, -0.25) is 4.79 Å². The first kappa shape index (κ1) is 17.7. The third-order valence-electron chi connectivity index (χ3n) is 3.24. The molecule has 2 N–H and O–H groups in total. The lowest BCUT2D eigenvalue weighted by Crippen LogP contribution is -2.45. The monoisotopic (exact) mass is 429 g/mol. The Morgan fingerprint density at radius 2 is 1.96 bits per heavy atom. The van der Waals surface area contributed by atoms with Gasteiger partial charge in [-0.25, -0.2) is 4.39 Å². The highest BCUT2D eigenvalue weighted by atomic mass is 127. The van der Waals surface area contributed by atoms with Crippen LogP contribution in [0.15, 0.2) is 42.5 Å². The van der Waals surface area contributed by atoms with Crippen molar-refractivity contribution in [3.8, 4) is 5.75 Å². The highest BCUT2D eigenvalue weighted by Gasteiger charge is 2.31. The zero-order chi connectivity index (χ0) is 17.0. The summed E-state index contributed by atoms with van der Waals surface area (Å²) in [7, 11) is 0. The standard InChI is InChI=1S/C17H17FINO3/c1-11-9-13(5-8-15(11)19)20-16(21)17(2,22)10-23-14-6-3-12(18)4-7-14/h3-9,22H,10H2,1-2H3,(H,20,21)/t17-/m0/s1. The van der Waals surface area contributed by atoms with Crippen LogP contribution in [-0.2, 0) is 4.79 Å². The highest BCUT2D eigenvalue weighted by Crippen LogP contribution is 2.19. The van der Waals surface area contributed by atoms with E-state index in [1.54, 1.807) is 6.07 Å². The molecule has 1 atom stereocenters. The van der Waals surface area contributed by atoms with Gasteiger partial charge >= 0.3 is 0 Å².